The van der Waals surface area contributed by atoms with Gasteiger partial charge in [0.25, 0.3) is 0 Å². The average molecular weight is 1080 g/mol. The lowest BCUT2D eigenvalue weighted by Crippen LogP contribution is -2.44. The first kappa shape index (κ1) is 73.8. The van der Waals surface area contributed by atoms with Crippen molar-refractivity contribution < 1.29 is 38.1 Å². The zero-order valence-corrected chi connectivity index (χ0v) is 51.2. The van der Waals surface area contributed by atoms with Crippen LogP contribution >= 0.6 is 0 Å². The Balaban J connectivity index is 5.52. The van der Waals surface area contributed by atoms with Crippen LogP contribution in [0.15, 0.2) is 48.6 Å². The Kier molecular flexibility index (Phi) is 58.0. The van der Waals surface area contributed by atoms with E-state index in [4.69, 9.17) is 18.9 Å². The van der Waals surface area contributed by atoms with Gasteiger partial charge in [-0.2, -0.15) is 0 Å². The van der Waals surface area contributed by atoms with E-state index in [1.807, 2.05) is 0 Å². The van der Waals surface area contributed by atoms with Gasteiger partial charge in [-0.25, -0.2) is 0 Å². The normalized spacial score (nSPS) is 12.0. The summed E-state index contributed by atoms with van der Waals surface area (Å²) < 4.78 is 23.7. The number of esters is 4. The molecule has 0 atom stereocenters. The number of ether oxygens (including phenoxy) is 4. The van der Waals surface area contributed by atoms with E-state index in [1.54, 1.807) is 0 Å². The quantitative estimate of drug-likeness (QED) is 0.0257. The molecule has 0 bridgehead atoms. The third-order valence-corrected chi connectivity index (χ3v) is 14.7. The molecule has 0 fully saturated rings. The molecule has 0 unspecified atom stereocenters. The summed E-state index contributed by atoms with van der Waals surface area (Å²) in [5.41, 5.74) is -1.23. The summed E-state index contributed by atoms with van der Waals surface area (Å²) in [7, 11) is 0. The molecule has 0 aliphatic carbocycles. The molecule has 0 radical (unpaired) electrons. The zero-order chi connectivity index (χ0) is 56.1. The zero-order valence-electron chi connectivity index (χ0n) is 51.2. The molecule has 448 valence electrons. The SMILES string of the molecule is CCCCCC/C=C\CCCCCCCC(=O)OCC(COC(=O)CCCCCCC/C=C\CCCCCC)(COC(=O)CCCCCCC/C=C\CCCCCC)COC(=O)CCCCCCC/C=C\CCCCCC. The Labute approximate surface area is 476 Å². The van der Waals surface area contributed by atoms with Crippen molar-refractivity contribution in [2.45, 2.75) is 336 Å². The number of carbonyl (C=O) groups excluding carboxylic acids is 4. The van der Waals surface area contributed by atoms with Gasteiger partial charge in [0.2, 0.25) is 0 Å². The van der Waals surface area contributed by atoms with Crippen LogP contribution in [0.2, 0.25) is 0 Å². The monoisotopic (exact) mass is 1080 g/mol. The Morgan fingerprint density at radius 1 is 0.234 bits per heavy atom. The van der Waals surface area contributed by atoms with Crippen molar-refractivity contribution in [2.75, 3.05) is 26.4 Å². The van der Waals surface area contributed by atoms with Crippen LogP contribution in [0.5, 0.6) is 0 Å². The molecule has 0 aromatic carbocycles. The van der Waals surface area contributed by atoms with Gasteiger partial charge in [-0.1, -0.05) is 230 Å². The molecule has 0 rings (SSSR count). The molecular weight excluding hydrogens is 957 g/mol. The summed E-state index contributed by atoms with van der Waals surface area (Å²) in [5, 5.41) is 0. The fourth-order valence-electron chi connectivity index (χ4n) is 9.42. The average Bonchev–Trinajstić information content (AvgIpc) is 3.43. The number of hydrogen-bond donors (Lipinski definition) is 0. The third-order valence-electron chi connectivity index (χ3n) is 14.7. The highest BCUT2D eigenvalue weighted by atomic mass is 16.6. The van der Waals surface area contributed by atoms with E-state index in [0.717, 1.165) is 154 Å². The van der Waals surface area contributed by atoms with Crippen molar-refractivity contribution in [2.24, 2.45) is 5.41 Å². The highest BCUT2D eigenvalue weighted by Gasteiger charge is 2.38. The van der Waals surface area contributed by atoms with Gasteiger partial charge < -0.3 is 18.9 Å². The van der Waals surface area contributed by atoms with Crippen LogP contribution in [0.4, 0.5) is 0 Å². The molecule has 0 heterocycles. The minimum absolute atomic E-state index is 0.183. The number of carbonyl (C=O) groups is 4. The Morgan fingerprint density at radius 3 is 0.571 bits per heavy atom. The molecule has 0 aliphatic rings. The van der Waals surface area contributed by atoms with Crippen LogP contribution in [0.1, 0.15) is 336 Å². The van der Waals surface area contributed by atoms with Gasteiger partial charge in [-0.15, -0.1) is 0 Å². The molecule has 8 nitrogen and oxygen atoms in total. The van der Waals surface area contributed by atoms with E-state index in [0.29, 0.717) is 0 Å². The Morgan fingerprint density at radius 2 is 0.390 bits per heavy atom. The van der Waals surface area contributed by atoms with E-state index in [9.17, 15) is 19.2 Å². The van der Waals surface area contributed by atoms with E-state index < -0.39 is 5.41 Å². The van der Waals surface area contributed by atoms with Gasteiger partial charge >= 0.3 is 23.9 Å². The molecular formula is C69H124O8. The molecule has 0 amide bonds. The molecule has 0 spiro atoms. The number of allylic oxidation sites excluding steroid dienone is 8. The highest BCUT2D eigenvalue weighted by Crippen LogP contribution is 2.24. The van der Waals surface area contributed by atoms with Gasteiger partial charge in [0.1, 0.15) is 31.8 Å². The van der Waals surface area contributed by atoms with Gasteiger partial charge in [0, 0.05) is 25.7 Å². The van der Waals surface area contributed by atoms with Crippen molar-refractivity contribution in [3.05, 3.63) is 48.6 Å². The van der Waals surface area contributed by atoms with Gasteiger partial charge in [-0.3, -0.25) is 19.2 Å². The molecule has 77 heavy (non-hydrogen) atoms. The maximum atomic E-state index is 13.3. The molecule has 0 aliphatic heterocycles. The predicted molar refractivity (Wildman–Crippen MR) is 327 cm³/mol. The van der Waals surface area contributed by atoms with Crippen molar-refractivity contribution in [1.82, 2.24) is 0 Å². The van der Waals surface area contributed by atoms with Crippen LogP contribution in [0.3, 0.4) is 0 Å². The van der Waals surface area contributed by atoms with Crippen molar-refractivity contribution in [1.29, 1.82) is 0 Å². The smallest absolute Gasteiger partial charge is 0.305 e. The molecule has 8 heteroatoms. The van der Waals surface area contributed by atoms with Gasteiger partial charge in [0.15, 0.2) is 0 Å². The number of hydrogen-bond acceptors (Lipinski definition) is 8. The van der Waals surface area contributed by atoms with Gasteiger partial charge in [-0.05, 0) is 128 Å². The Bertz CT molecular complexity index is 1220. The summed E-state index contributed by atoms with van der Waals surface area (Å²) >= 11 is 0. The minimum Gasteiger partial charge on any atom is -0.465 e. The number of unbranched alkanes of at least 4 members (excludes halogenated alkanes) is 36. The molecule has 0 N–H and O–H groups in total. The Hall–Kier alpha value is -3.16. The van der Waals surface area contributed by atoms with Crippen molar-refractivity contribution in [3.8, 4) is 0 Å². The van der Waals surface area contributed by atoms with Crippen LogP contribution in [0.25, 0.3) is 0 Å². The highest BCUT2D eigenvalue weighted by molar-refractivity contribution is 5.71. The summed E-state index contributed by atoms with van der Waals surface area (Å²) in [6.07, 6.45) is 69.5. The maximum Gasteiger partial charge on any atom is 0.305 e. The summed E-state index contributed by atoms with van der Waals surface area (Å²) in [4.78, 5) is 53.2. The van der Waals surface area contributed by atoms with Crippen LogP contribution < -0.4 is 0 Å². The summed E-state index contributed by atoms with van der Waals surface area (Å²) in [5.74, 6) is -1.40. The lowest BCUT2D eigenvalue weighted by atomic mass is 9.92. The lowest BCUT2D eigenvalue weighted by Gasteiger charge is -2.31. The van der Waals surface area contributed by atoms with E-state index in [2.05, 4.69) is 76.3 Å². The predicted octanol–water partition coefficient (Wildman–Crippen LogP) is 21.2. The molecule has 0 aromatic rings. The standard InChI is InChI=1S/C69H124O8/c1-5-9-13-17-21-25-29-33-37-41-45-49-53-57-65(70)74-61-69(62-75-66(71)58-54-50-46-42-38-34-30-26-22-18-14-10-6-2,63-76-67(72)59-55-51-47-43-39-35-31-27-23-19-15-11-7-3)64-77-68(73)60-56-52-48-44-40-36-32-28-24-20-16-12-8-4/h25-32H,5-24,33-64H2,1-4H3/b29-25-,30-26-,31-27-,32-28-. The van der Waals surface area contributed by atoms with Crippen molar-refractivity contribution >= 4 is 23.9 Å². The second-order valence-electron chi connectivity index (χ2n) is 22.7. The van der Waals surface area contributed by atoms with Crippen LogP contribution in [-0.4, -0.2) is 50.3 Å². The number of rotatable bonds is 60. The minimum atomic E-state index is -1.23. The van der Waals surface area contributed by atoms with Crippen LogP contribution in [0, 0.1) is 5.41 Å². The first-order chi connectivity index (χ1) is 37.8. The van der Waals surface area contributed by atoms with E-state index >= 15 is 0 Å². The van der Waals surface area contributed by atoms with Crippen LogP contribution in [-0.2, 0) is 38.1 Å². The fourth-order valence-corrected chi connectivity index (χ4v) is 9.42. The van der Waals surface area contributed by atoms with Gasteiger partial charge in [0.05, 0.1) is 0 Å². The lowest BCUT2D eigenvalue weighted by molar-refractivity contribution is -0.170. The molecule has 0 saturated carbocycles. The maximum absolute atomic E-state index is 13.3. The topological polar surface area (TPSA) is 105 Å². The van der Waals surface area contributed by atoms with E-state index in [-0.39, 0.29) is 76.0 Å². The molecule has 0 aromatic heterocycles. The summed E-state index contributed by atoms with van der Waals surface area (Å²) in [6.45, 7) is 8.25. The second-order valence-corrected chi connectivity index (χ2v) is 22.7. The first-order valence-electron chi connectivity index (χ1n) is 33.0. The summed E-state index contributed by atoms with van der Waals surface area (Å²) in [6, 6.07) is 0. The third kappa shape index (κ3) is 55.9. The molecule has 0 saturated heterocycles. The second kappa shape index (κ2) is 60.5. The fraction of sp³-hybridized carbons (Fsp3) is 0.826. The van der Waals surface area contributed by atoms with E-state index in [1.165, 1.54) is 128 Å². The van der Waals surface area contributed by atoms with Crippen molar-refractivity contribution in [3.63, 3.8) is 0 Å². The largest absolute Gasteiger partial charge is 0.465 e. The first-order valence-corrected chi connectivity index (χ1v) is 33.0.